The Morgan fingerprint density at radius 1 is 0.958 bits per heavy atom. The molecule has 2 aromatic carbocycles. The van der Waals surface area contributed by atoms with Crippen molar-refractivity contribution in [3.63, 3.8) is 0 Å². The summed E-state index contributed by atoms with van der Waals surface area (Å²) in [5, 5.41) is 10.5. The van der Waals surface area contributed by atoms with Crippen LogP contribution in [0, 0.1) is 0 Å². The van der Waals surface area contributed by atoms with Crippen molar-refractivity contribution in [2.24, 2.45) is 0 Å². The Hall–Kier alpha value is -2.04. The number of nitrogens with zero attached hydrogens (tertiary/aromatic N) is 2. The van der Waals surface area contributed by atoms with Gasteiger partial charge in [0.25, 0.3) is 0 Å². The van der Waals surface area contributed by atoms with Gasteiger partial charge in [0.2, 0.25) is 0 Å². The molecule has 24 heavy (non-hydrogen) atoms. The molecule has 0 radical (unpaired) electrons. The normalized spacial score (nSPS) is 16.8. The number of β-amino-alcohol motifs (C(OH)–C–C–N with tert-alkyl or cyclic N) is 1. The van der Waals surface area contributed by atoms with Crippen LogP contribution >= 0.6 is 0 Å². The average Bonchev–Trinajstić information content (AvgIpc) is 2.64. The second-order valence-corrected chi connectivity index (χ2v) is 6.14. The predicted molar refractivity (Wildman–Crippen MR) is 97.7 cm³/mol. The van der Waals surface area contributed by atoms with Crippen molar-refractivity contribution in [2.75, 3.05) is 44.2 Å². The van der Waals surface area contributed by atoms with Crippen LogP contribution in [0.15, 0.2) is 54.6 Å². The van der Waals surface area contributed by atoms with Gasteiger partial charge in [-0.25, -0.2) is 0 Å². The SMILES string of the molecule is CCOc1ccc([C@@H](O)CN2CCN(c3ccccc3)CC2)cc1. The minimum atomic E-state index is -0.455. The third kappa shape index (κ3) is 4.28. The van der Waals surface area contributed by atoms with E-state index in [2.05, 4.69) is 34.1 Å². The Balaban J connectivity index is 1.50. The lowest BCUT2D eigenvalue weighted by molar-refractivity contribution is 0.109. The zero-order valence-corrected chi connectivity index (χ0v) is 14.3. The molecule has 128 valence electrons. The van der Waals surface area contributed by atoms with E-state index in [1.807, 2.05) is 37.3 Å². The minimum Gasteiger partial charge on any atom is -0.494 e. The van der Waals surface area contributed by atoms with Crippen molar-refractivity contribution < 1.29 is 9.84 Å². The van der Waals surface area contributed by atoms with E-state index in [-0.39, 0.29) is 0 Å². The molecule has 1 atom stereocenters. The van der Waals surface area contributed by atoms with Crippen LogP contribution in [0.5, 0.6) is 5.75 Å². The van der Waals surface area contributed by atoms with Crippen molar-refractivity contribution in [1.82, 2.24) is 4.90 Å². The Bertz CT molecular complexity index is 607. The summed E-state index contributed by atoms with van der Waals surface area (Å²) in [5.41, 5.74) is 2.23. The molecular formula is C20H26N2O2. The van der Waals surface area contributed by atoms with Crippen LogP contribution in [-0.2, 0) is 0 Å². The number of rotatable bonds is 6. The number of hydrogen-bond acceptors (Lipinski definition) is 4. The fourth-order valence-corrected chi connectivity index (χ4v) is 3.13. The highest BCUT2D eigenvalue weighted by Crippen LogP contribution is 2.20. The zero-order chi connectivity index (χ0) is 16.8. The van der Waals surface area contributed by atoms with E-state index < -0.39 is 6.10 Å². The maximum atomic E-state index is 10.5. The first kappa shape index (κ1) is 16.8. The minimum absolute atomic E-state index is 0.455. The number of hydrogen-bond donors (Lipinski definition) is 1. The first-order valence-corrected chi connectivity index (χ1v) is 8.69. The van der Waals surface area contributed by atoms with Gasteiger partial charge in [-0.15, -0.1) is 0 Å². The lowest BCUT2D eigenvalue weighted by Crippen LogP contribution is -2.47. The molecule has 0 unspecified atom stereocenters. The molecule has 0 bridgehead atoms. The Morgan fingerprint density at radius 3 is 2.25 bits per heavy atom. The number of aliphatic hydroxyl groups is 1. The van der Waals surface area contributed by atoms with Crippen molar-refractivity contribution in [1.29, 1.82) is 0 Å². The van der Waals surface area contributed by atoms with Crippen molar-refractivity contribution in [2.45, 2.75) is 13.0 Å². The maximum Gasteiger partial charge on any atom is 0.119 e. The quantitative estimate of drug-likeness (QED) is 0.885. The van der Waals surface area contributed by atoms with Gasteiger partial charge in [-0.2, -0.15) is 0 Å². The van der Waals surface area contributed by atoms with Crippen molar-refractivity contribution in [3.05, 3.63) is 60.2 Å². The van der Waals surface area contributed by atoms with Crippen LogP contribution in [0.25, 0.3) is 0 Å². The lowest BCUT2D eigenvalue weighted by Gasteiger charge is -2.37. The molecule has 1 N–H and O–H groups in total. The average molecular weight is 326 g/mol. The molecule has 4 heteroatoms. The largest absolute Gasteiger partial charge is 0.494 e. The van der Waals surface area contributed by atoms with Gasteiger partial charge in [-0.3, -0.25) is 4.90 Å². The molecule has 1 saturated heterocycles. The summed E-state index contributed by atoms with van der Waals surface area (Å²) in [6.45, 7) is 7.26. The van der Waals surface area contributed by atoms with Gasteiger partial charge < -0.3 is 14.7 Å². The number of benzene rings is 2. The summed E-state index contributed by atoms with van der Waals surface area (Å²) in [6, 6.07) is 18.3. The smallest absolute Gasteiger partial charge is 0.119 e. The monoisotopic (exact) mass is 326 g/mol. The molecule has 0 spiro atoms. The van der Waals surface area contributed by atoms with Gasteiger partial charge in [0.15, 0.2) is 0 Å². The fourth-order valence-electron chi connectivity index (χ4n) is 3.13. The molecule has 0 aliphatic carbocycles. The highest BCUT2D eigenvalue weighted by molar-refractivity contribution is 5.46. The molecule has 0 saturated carbocycles. The van der Waals surface area contributed by atoms with Gasteiger partial charge in [-0.1, -0.05) is 30.3 Å². The molecule has 1 heterocycles. The Morgan fingerprint density at radius 2 is 1.62 bits per heavy atom. The second kappa shape index (κ2) is 8.18. The fraction of sp³-hybridized carbons (Fsp3) is 0.400. The molecule has 3 rings (SSSR count). The summed E-state index contributed by atoms with van der Waals surface area (Å²) in [4.78, 5) is 4.74. The van der Waals surface area contributed by atoms with E-state index in [9.17, 15) is 5.11 Å². The van der Waals surface area contributed by atoms with Crippen LogP contribution in [0.3, 0.4) is 0 Å². The van der Waals surface area contributed by atoms with Crippen molar-refractivity contribution in [3.8, 4) is 5.75 Å². The lowest BCUT2D eigenvalue weighted by atomic mass is 10.1. The van der Waals surface area contributed by atoms with Crippen molar-refractivity contribution >= 4 is 5.69 Å². The van der Waals surface area contributed by atoms with E-state index in [0.29, 0.717) is 13.2 Å². The van der Waals surface area contributed by atoms with Crippen LogP contribution in [0.1, 0.15) is 18.6 Å². The first-order valence-electron chi connectivity index (χ1n) is 8.69. The second-order valence-electron chi connectivity index (χ2n) is 6.14. The van der Waals surface area contributed by atoms with Gasteiger partial charge in [0.1, 0.15) is 5.75 Å². The van der Waals surface area contributed by atoms with E-state index in [1.165, 1.54) is 5.69 Å². The van der Waals surface area contributed by atoms with E-state index in [1.54, 1.807) is 0 Å². The third-order valence-electron chi connectivity index (χ3n) is 4.50. The van der Waals surface area contributed by atoms with Gasteiger partial charge in [-0.05, 0) is 36.8 Å². The van der Waals surface area contributed by atoms with Crippen LogP contribution in [-0.4, -0.2) is 49.3 Å². The van der Waals surface area contributed by atoms with Crippen LogP contribution in [0.4, 0.5) is 5.69 Å². The highest BCUT2D eigenvalue weighted by atomic mass is 16.5. The number of aliphatic hydroxyl groups excluding tert-OH is 1. The third-order valence-corrected chi connectivity index (χ3v) is 4.50. The number of para-hydroxylation sites is 1. The summed E-state index contributed by atoms with van der Waals surface area (Å²) in [7, 11) is 0. The van der Waals surface area contributed by atoms with Gasteiger partial charge >= 0.3 is 0 Å². The van der Waals surface area contributed by atoms with Gasteiger partial charge in [0.05, 0.1) is 12.7 Å². The molecule has 0 amide bonds. The molecule has 4 nitrogen and oxygen atoms in total. The molecule has 2 aromatic rings. The summed E-state index contributed by atoms with van der Waals surface area (Å²) >= 11 is 0. The molecule has 1 fully saturated rings. The van der Waals surface area contributed by atoms with Gasteiger partial charge in [0, 0.05) is 38.4 Å². The maximum absolute atomic E-state index is 10.5. The molecule has 1 aliphatic rings. The highest BCUT2D eigenvalue weighted by Gasteiger charge is 2.20. The zero-order valence-electron chi connectivity index (χ0n) is 14.3. The molecule has 0 aromatic heterocycles. The topological polar surface area (TPSA) is 35.9 Å². The molecular weight excluding hydrogens is 300 g/mol. The van der Waals surface area contributed by atoms with Crippen LogP contribution < -0.4 is 9.64 Å². The van der Waals surface area contributed by atoms with Crippen LogP contribution in [0.2, 0.25) is 0 Å². The summed E-state index contributed by atoms with van der Waals surface area (Å²) in [6.07, 6.45) is -0.455. The summed E-state index contributed by atoms with van der Waals surface area (Å²) in [5.74, 6) is 0.852. The molecule has 1 aliphatic heterocycles. The number of piperazine rings is 1. The Kier molecular flexibility index (Phi) is 5.72. The predicted octanol–water partition coefficient (Wildman–Crippen LogP) is 2.94. The number of ether oxygens (including phenoxy) is 1. The summed E-state index contributed by atoms with van der Waals surface area (Å²) < 4.78 is 5.45. The first-order chi connectivity index (χ1) is 11.8. The van der Waals surface area contributed by atoms with E-state index in [0.717, 1.165) is 37.5 Å². The van der Waals surface area contributed by atoms with E-state index >= 15 is 0 Å². The Labute approximate surface area is 144 Å². The standard InChI is InChI=1S/C20H26N2O2/c1-2-24-19-10-8-17(9-11-19)20(23)16-21-12-14-22(15-13-21)18-6-4-3-5-7-18/h3-11,20,23H,2,12-16H2,1H3/t20-/m0/s1. The van der Waals surface area contributed by atoms with E-state index in [4.69, 9.17) is 4.74 Å². The number of anilines is 1.